The second kappa shape index (κ2) is 17.9. The number of halogens is 1. The second-order valence-corrected chi connectivity index (χ2v) is 21.6. The molecule has 2 atom stereocenters. The maximum atomic E-state index is 14.7. The monoisotopic (exact) mass is 952 g/mol. The fourth-order valence-electron chi connectivity index (χ4n) is 11.1. The van der Waals surface area contributed by atoms with Crippen molar-refractivity contribution in [1.82, 2.24) is 19.6 Å². The van der Waals surface area contributed by atoms with Crippen molar-refractivity contribution in [3.63, 3.8) is 0 Å². The molecule has 68 heavy (non-hydrogen) atoms. The Balaban J connectivity index is 0.864. The highest BCUT2D eigenvalue weighted by Crippen LogP contribution is 2.53. The number of morpholine rings is 1. The van der Waals surface area contributed by atoms with E-state index in [1.54, 1.807) is 19.1 Å². The number of nitrogens with one attached hydrogen (secondary N) is 2. The minimum atomic E-state index is -4.75. The van der Waals surface area contributed by atoms with E-state index in [1.165, 1.54) is 35.7 Å². The normalized spacial score (nSPS) is 24.2. The molecule has 2 saturated carbocycles. The molecule has 3 aromatic carbocycles. The third kappa shape index (κ3) is 8.98. The molecule has 5 heterocycles. The minimum Gasteiger partial charge on any atom is -0.485 e. The molecule has 2 aromatic heterocycles. The summed E-state index contributed by atoms with van der Waals surface area (Å²) in [5.74, 6) is -1.44. The molecule has 0 radical (unpaired) electrons. The molecule has 3 N–H and O–H groups in total. The summed E-state index contributed by atoms with van der Waals surface area (Å²) in [6.45, 7) is 10.1. The van der Waals surface area contributed by atoms with Gasteiger partial charge in [0.25, 0.3) is 15.9 Å². The highest BCUT2D eigenvalue weighted by molar-refractivity contribution is 7.90. The van der Waals surface area contributed by atoms with Crippen LogP contribution in [0.4, 0.5) is 15.8 Å². The zero-order valence-corrected chi connectivity index (χ0v) is 39.2. The lowest BCUT2D eigenvalue weighted by atomic mass is 9.59. The number of piperidine rings is 1. The lowest BCUT2D eigenvalue weighted by molar-refractivity contribution is -0.386. The summed E-state index contributed by atoms with van der Waals surface area (Å²) >= 11 is 0. The Kier molecular flexibility index (Phi) is 12.1. The molecule has 1 amide bonds. The van der Waals surface area contributed by atoms with Crippen LogP contribution in [0.1, 0.15) is 106 Å². The summed E-state index contributed by atoms with van der Waals surface area (Å²) in [4.78, 5) is 37.0. The quantitative estimate of drug-likeness (QED) is 0.0842. The van der Waals surface area contributed by atoms with Crippen LogP contribution in [0.15, 0.2) is 78.0 Å². The van der Waals surface area contributed by atoms with Crippen LogP contribution in [0.2, 0.25) is 0 Å². The van der Waals surface area contributed by atoms with E-state index in [-0.39, 0.29) is 57.9 Å². The third-order valence-corrected chi connectivity index (χ3v) is 16.4. The number of nitro groups is 1. The first-order valence-corrected chi connectivity index (χ1v) is 25.1. The van der Waals surface area contributed by atoms with Crippen LogP contribution < -0.4 is 23.8 Å². The van der Waals surface area contributed by atoms with Gasteiger partial charge in [0.2, 0.25) is 5.75 Å². The first-order chi connectivity index (χ1) is 32.6. The number of aromatic amines is 1. The van der Waals surface area contributed by atoms with Crippen LogP contribution in [-0.2, 0) is 14.8 Å². The molecule has 2 saturated heterocycles. The number of nitrogens with zero attached hydrogens (tertiary/aromatic N) is 4. The number of hydrogen-bond donors (Lipinski definition) is 3. The summed E-state index contributed by atoms with van der Waals surface area (Å²) < 4.78 is 68.9. The Bertz CT molecular complexity index is 2850. The van der Waals surface area contributed by atoms with Crippen molar-refractivity contribution in [3.8, 4) is 23.0 Å². The fraction of sp³-hybridized carbons (Fsp3) is 0.480. The van der Waals surface area contributed by atoms with E-state index in [4.69, 9.17) is 18.9 Å². The van der Waals surface area contributed by atoms with E-state index >= 15 is 0 Å². The van der Waals surface area contributed by atoms with Crippen molar-refractivity contribution in [2.75, 3.05) is 44.4 Å². The summed E-state index contributed by atoms with van der Waals surface area (Å²) in [6.07, 6.45) is 8.51. The van der Waals surface area contributed by atoms with Gasteiger partial charge in [0, 0.05) is 55.8 Å². The molecular weight excluding hydrogens is 896 g/mol. The van der Waals surface area contributed by atoms with Gasteiger partial charge in [-0.2, -0.15) is 0 Å². The second-order valence-electron chi connectivity index (χ2n) is 19.9. The minimum absolute atomic E-state index is 0.000233. The SMILES string of the molecule is CC(C)c1ccccc1[C@@H]1COCCN1C1CC2(CCN(c3ccc(C(=O)NS(=O)(=O)c4cc5c(c([N+](=O)[O-])c4)O[C@H]([C@H]4CC[C@](C)(O)CC4)CO5)c(Oc4cnc5[nH]cc(F)c5c4)c3)CC2)C1. The average Bonchev–Trinajstić information content (AvgIpc) is 3.69. The molecule has 18 heteroatoms. The first kappa shape index (κ1) is 45.9. The lowest BCUT2D eigenvalue weighted by Crippen LogP contribution is -2.58. The number of anilines is 1. The molecule has 10 rings (SSSR count). The number of carbonyl (C=O) groups excluding carboxylic acids is 1. The van der Waals surface area contributed by atoms with Gasteiger partial charge in [-0.15, -0.1) is 0 Å². The van der Waals surface area contributed by atoms with Crippen LogP contribution in [0.5, 0.6) is 23.0 Å². The van der Waals surface area contributed by atoms with Gasteiger partial charge >= 0.3 is 5.69 Å². The van der Waals surface area contributed by atoms with Crippen molar-refractivity contribution in [3.05, 3.63) is 106 Å². The number of nitro benzene ring substituents is 1. The molecule has 1 spiro atoms. The predicted octanol–water partition coefficient (Wildman–Crippen LogP) is 8.55. The van der Waals surface area contributed by atoms with Crippen LogP contribution in [-0.4, -0.2) is 96.4 Å². The van der Waals surface area contributed by atoms with Crippen molar-refractivity contribution in [2.24, 2.45) is 11.3 Å². The average molecular weight is 953 g/mol. The van der Waals surface area contributed by atoms with Crippen molar-refractivity contribution >= 4 is 38.3 Å². The number of sulfonamides is 1. The first-order valence-electron chi connectivity index (χ1n) is 23.6. The molecule has 3 aliphatic heterocycles. The largest absolute Gasteiger partial charge is 0.485 e. The summed E-state index contributed by atoms with van der Waals surface area (Å²) in [7, 11) is -4.75. The Hall–Kier alpha value is -5.82. The predicted molar refractivity (Wildman–Crippen MR) is 251 cm³/mol. The van der Waals surface area contributed by atoms with Crippen LogP contribution in [0.25, 0.3) is 11.0 Å². The summed E-state index contributed by atoms with van der Waals surface area (Å²) in [5, 5.41) is 22.9. The van der Waals surface area contributed by atoms with E-state index in [0.717, 1.165) is 69.7 Å². The highest BCUT2D eigenvalue weighted by atomic mass is 32.2. The van der Waals surface area contributed by atoms with Crippen LogP contribution in [0, 0.1) is 27.3 Å². The highest BCUT2D eigenvalue weighted by Gasteiger charge is 2.50. The maximum absolute atomic E-state index is 14.7. The Morgan fingerprint density at radius 2 is 1.81 bits per heavy atom. The number of pyridine rings is 1. The zero-order valence-electron chi connectivity index (χ0n) is 38.4. The molecule has 0 unspecified atom stereocenters. The molecule has 5 aliphatic rings. The topological polar surface area (TPSA) is 199 Å². The fourth-order valence-corrected chi connectivity index (χ4v) is 12.1. The number of ether oxygens (including phenoxy) is 4. The van der Waals surface area contributed by atoms with Gasteiger partial charge in [-0.1, -0.05) is 38.1 Å². The molecule has 4 fully saturated rings. The number of aromatic nitrogens is 2. The van der Waals surface area contributed by atoms with E-state index < -0.39 is 49.0 Å². The standard InChI is InChI=1S/C50H57FN6O10S/c1-30(2)36-6-4-5-7-37(36)42-28-64-19-18-56(42)33-24-50(25-33)14-16-55(17-15-50)32-8-9-38(43(20-32)66-34-21-39-40(51)27-53-47(39)52-26-34)48(58)54-68(62,63)35-22-41(57(60)61)46-44(23-35)65-29-45(67-46)31-10-12-49(3,59)13-11-31/h4-9,20-23,26-27,30-31,33,42,45,59H,10-19,24-25,28-29H2,1-3H3,(H,52,53)(H,54,58)/t31-,42-,45-,49-/m0/s1. The van der Waals surface area contributed by atoms with Gasteiger partial charge in [0.1, 0.15) is 35.7 Å². The van der Waals surface area contributed by atoms with Crippen LogP contribution >= 0.6 is 0 Å². The molecule has 5 aromatic rings. The van der Waals surface area contributed by atoms with Crippen molar-refractivity contribution < 1.29 is 46.6 Å². The van der Waals surface area contributed by atoms with Crippen molar-refractivity contribution in [2.45, 2.75) is 107 Å². The van der Waals surface area contributed by atoms with Gasteiger partial charge < -0.3 is 33.9 Å². The number of hydrogen-bond acceptors (Lipinski definition) is 13. The number of aliphatic hydroxyl groups is 1. The Morgan fingerprint density at radius 3 is 2.56 bits per heavy atom. The number of amides is 1. The summed E-state index contributed by atoms with van der Waals surface area (Å²) in [6, 6.07) is 17.7. The molecule has 360 valence electrons. The van der Waals surface area contributed by atoms with Gasteiger partial charge in [0.05, 0.1) is 51.8 Å². The zero-order chi connectivity index (χ0) is 47.5. The Morgan fingerprint density at radius 1 is 1.04 bits per heavy atom. The molecule has 0 bridgehead atoms. The van der Waals surface area contributed by atoms with Crippen LogP contribution in [0.3, 0.4) is 0 Å². The van der Waals surface area contributed by atoms with E-state index in [2.05, 4.69) is 62.6 Å². The molecule has 16 nitrogen and oxygen atoms in total. The van der Waals surface area contributed by atoms with Gasteiger partial charge in [0.15, 0.2) is 5.75 Å². The van der Waals surface area contributed by atoms with Crippen molar-refractivity contribution in [1.29, 1.82) is 0 Å². The molecular formula is C50H57FN6O10S. The molecule has 2 aliphatic carbocycles. The third-order valence-electron chi connectivity index (χ3n) is 15.1. The van der Waals surface area contributed by atoms with E-state index in [0.29, 0.717) is 49.9 Å². The smallest absolute Gasteiger partial charge is 0.316 e. The van der Waals surface area contributed by atoms with E-state index in [1.807, 2.05) is 0 Å². The summed E-state index contributed by atoms with van der Waals surface area (Å²) in [5.41, 5.74) is 2.41. The van der Waals surface area contributed by atoms with E-state index in [9.17, 15) is 32.8 Å². The number of benzene rings is 3. The van der Waals surface area contributed by atoms with Gasteiger partial charge in [-0.05, 0) is 105 Å². The lowest BCUT2D eigenvalue weighted by Gasteiger charge is -2.57. The Labute approximate surface area is 394 Å². The number of H-pyrrole nitrogens is 1. The number of carbonyl (C=O) groups is 1. The number of fused-ring (bicyclic) bond motifs is 2. The van der Waals surface area contributed by atoms with Gasteiger partial charge in [-0.25, -0.2) is 22.5 Å². The number of rotatable bonds is 11. The van der Waals surface area contributed by atoms with Gasteiger partial charge in [-0.3, -0.25) is 19.8 Å². The maximum Gasteiger partial charge on any atom is 0.316 e.